The van der Waals surface area contributed by atoms with E-state index in [0.29, 0.717) is 25.1 Å². The number of carbonyl (C=O) groups is 3. The summed E-state index contributed by atoms with van der Waals surface area (Å²) < 4.78 is 0. The summed E-state index contributed by atoms with van der Waals surface area (Å²) in [6.45, 7) is 3.05. The lowest BCUT2D eigenvalue weighted by atomic mass is 10.1. The van der Waals surface area contributed by atoms with Gasteiger partial charge < -0.3 is 15.1 Å². The van der Waals surface area contributed by atoms with E-state index in [1.54, 1.807) is 15.9 Å². The highest BCUT2D eigenvalue weighted by atomic mass is 16.2. The average Bonchev–Trinajstić information content (AvgIpc) is 3.20. The number of carbonyl (C=O) groups excluding carboxylic acids is 3. The van der Waals surface area contributed by atoms with Crippen molar-refractivity contribution in [3.8, 4) is 0 Å². The maximum atomic E-state index is 12.6. The van der Waals surface area contributed by atoms with E-state index in [1.165, 1.54) is 0 Å². The third kappa shape index (κ3) is 2.37. The van der Waals surface area contributed by atoms with E-state index in [2.05, 4.69) is 5.32 Å². The normalized spacial score (nSPS) is 28.8. The summed E-state index contributed by atoms with van der Waals surface area (Å²) in [4.78, 5) is 41.0. The molecule has 0 aliphatic carbocycles. The Morgan fingerprint density at radius 2 is 1.96 bits per heavy atom. The van der Waals surface area contributed by atoms with Gasteiger partial charge in [0.15, 0.2) is 0 Å². The van der Waals surface area contributed by atoms with Crippen LogP contribution in [0.4, 0.5) is 0 Å². The minimum Gasteiger partial charge on any atom is -0.347 e. The molecule has 3 fully saturated rings. The van der Waals surface area contributed by atoms with Crippen LogP contribution in [0.2, 0.25) is 0 Å². The molecule has 1 aromatic carbocycles. The van der Waals surface area contributed by atoms with E-state index in [1.807, 2.05) is 25.1 Å². The Hall–Kier alpha value is -2.37. The molecule has 6 heteroatoms. The first-order chi connectivity index (χ1) is 11.5. The van der Waals surface area contributed by atoms with Gasteiger partial charge in [-0.15, -0.1) is 0 Å². The van der Waals surface area contributed by atoms with Crippen LogP contribution in [-0.4, -0.2) is 58.7 Å². The third-order valence-electron chi connectivity index (χ3n) is 5.31. The number of amides is 3. The number of nitrogens with one attached hydrogen (secondary N) is 1. The van der Waals surface area contributed by atoms with Crippen molar-refractivity contribution in [3.63, 3.8) is 0 Å². The maximum absolute atomic E-state index is 12.6. The monoisotopic (exact) mass is 327 g/mol. The number of hydrogen-bond acceptors (Lipinski definition) is 3. The number of fused-ring (bicyclic) bond motifs is 2. The summed E-state index contributed by atoms with van der Waals surface area (Å²) >= 11 is 0. The van der Waals surface area contributed by atoms with Crippen LogP contribution in [-0.2, 0) is 9.59 Å². The Labute approximate surface area is 140 Å². The molecule has 0 unspecified atom stereocenters. The summed E-state index contributed by atoms with van der Waals surface area (Å²) in [5.41, 5.74) is 1.63. The molecule has 1 aromatic rings. The summed E-state index contributed by atoms with van der Waals surface area (Å²) in [6, 6.07) is 6.55. The summed E-state index contributed by atoms with van der Waals surface area (Å²) in [5.74, 6) is -0.0576. The molecule has 3 saturated heterocycles. The zero-order valence-corrected chi connectivity index (χ0v) is 13.7. The van der Waals surface area contributed by atoms with Gasteiger partial charge in [0.1, 0.15) is 12.1 Å². The van der Waals surface area contributed by atoms with Gasteiger partial charge in [0.05, 0.1) is 0 Å². The molecule has 3 aliphatic heterocycles. The Balaban J connectivity index is 1.47. The standard InChI is InChI=1S/C18H21N3O3/c1-11-4-2-5-12(8-11)16(22)19-13-9-15-18(24)20-7-3-6-14(20)17(23)21(15)10-13/h2,4-5,8,13-15H,3,6-7,9-10H2,1H3,(H,19,22)/t13-,14+,15-/m0/s1. The number of benzene rings is 1. The smallest absolute Gasteiger partial charge is 0.251 e. The zero-order chi connectivity index (χ0) is 16.8. The van der Waals surface area contributed by atoms with Crippen molar-refractivity contribution >= 4 is 17.7 Å². The molecule has 126 valence electrons. The second kappa shape index (κ2) is 5.61. The summed E-state index contributed by atoms with van der Waals surface area (Å²) in [7, 11) is 0. The summed E-state index contributed by atoms with van der Waals surface area (Å²) in [5, 5.41) is 2.98. The molecule has 3 aliphatic rings. The molecular formula is C18H21N3O3. The van der Waals surface area contributed by atoms with Crippen molar-refractivity contribution in [3.05, 3.63) is 35.4 Å². The lowest BCUT2D eigenvalue weighted by Crippen LogP contribution is -2.60. The van der Waals surface area contributed by atoms with E-state index in [-0.39, 0.29) is 29.8 Å². The first kappa shape index (κ1) is 15.2. The lowest BCUT2D eigenvalue weighted by Gasteiger charge is -2.38. The largest absolute Gasteiger partial charge is 0.347 e. The minimum absolute atomic E-state index is 0.0457. The number of piperazine rings is 1. The van der Waals surface area contributed by atoms with Gasteiger partial charge in [-0.2, -0.15) is 0 Å². The van der Waals surface area contributed by atoms with Gasteiger partial charge in [0.25, 0.3) is 5.91 Å². The van der Waals surface area contributed by atoms with Gasteiger partial charge in [0.2, 0.25) is 11.8 Å². The van der Waals surface area contributed by atoms with E-state index in [0.717, 1.165) is 18.4 Å². The molecule has 3 amide bonds. The van der Waals surface area contributed by atoms with Crippen molar-refractivity contribution in [2.75, 3.05) is 13.1 Å². The van der Waals surface area contributed by atoms with E-state index in [4.69, 9.17) is 0 Å². The molecule has 0 radical (unpaired) electrons. The maximum Gasteiger partial charge on any atom is 0.251 e. The second-order valence-corrected chi connectivity index (χ2v) is 6.97. The van der Waals surface area contributed by atoms with Crippen molar-refractivity contribution in [1.29, 1.82) is 0 Å². The Kier molecular flexibility index (Phi) is 3.55. The fourth-order valence-corrected chi connectivity index (χ4v) is 4.14. The Bertz CT molecular complexity index is 687. The van der Waals surface area contributed by atoms with Crippen LogP contribution in [0.5, 0.6) is 0 Å². The molecule has 0 saturated carbocycles. The van der Waals surface area contributed by atoms with Crippen LogP contribution in [0, 0.1) is 6.92 Å². The predicted molar refractivity (Wildman–Crippen MR) is 87.3 cm³/mol. The first-order valence-electron chi connectivity index (χ1n) is 8.53. The average molecular weight is 327 g/mol. The van der Waals surface area contributed by atoms with E-state index in [9.17, 15) is 14.4 Å². The van der Waals surface area contributed by atoms with Gasteiger partial charge >= 0.3 is 0 Å². The number of rotatable bonds is 2. The van der Waals surface area contributed by atoms with Gasteiger partial charge in [-0.3, -0.25) is 14.4 Å². The molecule has 1 N–H and O–H groups in total. The minimum atomic E-state index is -0.408. The van der Waals surface area contributed by atoms with Crippen LogP contribution < -0.4 is 5.32 Å². The molecule has 0 aromatic heterocycles. The molecule has 3 heterocycles. The highest BCUT2D eigenvalue weighted by Crippen LogP contribution is 2.32. The van der Waals surface area contributed by atoms with E-state index < -0.39 is 6.04 Å². The first-order valence-corrected chi connectivity index (χ1v) is 8.53. The van der Waals surface area contributed by atoms with Crippen molar-refractivity contribution in [1.82, 2.24) is 15.1 Å². The Morgan fingerprint density at radius 1 is 1.17 bits per heavy atom. The van der Waals surface area contributed by atoms with Gasteiger partial charge in [-0.25, -0.2) is 0 Å². The second-order valence-electron chi connectivity index (χ2n) is 6.97. The number of hydrogen-bond donors (Lipinski definition) is 1. The van der Waals surface area contributed by atoms with E-state index >= 15 is 0 Å². The zero-order valence-electron chi connectivity index (χ0n) is 13.7. The SMILES string of the molecule is Cc1cccc(C(=O)N[C@H]2C[C@H]3C(=O)N4CCC[C@@H]4C(=O)N3C2)c1. The molecule has 0 bridgehead atoms. The molecule has 3 atom stereocenters. The van der Waals surface area contributed by atoms with Crippen LogP contribution in [0.1, 0.15) is 35.2 Å². The van der Waals surface area contributed by atoms with Crippen molar-refractivity contribution in [2.45, 2.75) is 44.3 Å². The van der Waals surface area contributed by atoms with Crippen LogP contribution in [0.25, 0.3) is 0 Å². The fraction of sp³-hybridized carbons (Fsp3) is 0.500. The Morgan fingerprint density at radius 3 is 2.75 bits per heavy atom. The quantitative estimate of drug-likeness (QED) is 0.869. The van der Waals surface area contributed by atoms with Crippen LogP contribution in [0.15, 0.2) is 24.3 Å². The lowest BCUT2D eigenvalue weighted by molar-refractivity contribution is -0.156. The van der Waals surface area contributed by atoms with Crippen molar-refractivity contribution in [2.24, 2.45) is 0 Å². The fourth-order valence-electron chi connectivity index (χ4n) is 4.14. The van der Waals surface area contributed by atoms with Gasteiger partial charge in [-0.05, 0) is 38.3 Å². The molecular weight excluding hydrogens is 306 g/mol. The topological polar surface area (TPSA) is 69.7 Å². The number of aryl methyl sites for hydroxylation is 1. The van der Waals surface area contributed by atoms with Crippen molar-refractivity contribution < 1.29 is 14.4 Å². The number of nitrogens with zero attached hydrogens (tertiary/aromatic N) is 2. The molecule has 4 rings (SSSR count). The van der Waals surface area contributed by atoms with Gasteiger partial charge in [-0.1, -0.05) is 17.7 Å². The molecule has 0 spiro atoms. The molecule has 6 nitrogen and oxygen atoms in total. The highest BCUT2D eigenvalue weighted by Gasteiger charge is 2.51. The highest BCUT2D eigenvalue weighted by molar-refractivity contribution is 5.98. The third-order valence-corrected chi connectivity index (χ3v) is 5.31. The van der Waals surface area contributed by atoms with Crippen LogP contribution in [0.3, 0.4) is 0 Å². The van der Waals surface area contributed by atoms with Crippen LogP contribution >= 0.6 is 0 Å². The predicted octanol–water partition coefficient (Wildman–Crippen LogP) is 0.699. The van der Waals surface area contributed by atoms with Gasteiger partial charge in [0, 0.05) is 24.7 Å². The summed E-state index contributed by atoms with van der Waals surface area (Å²) in [6.07, 6.45) is 2.16. The molecule has 24 heavy (non-hydrogen) atoms.